The number of nitrogens with one attached hydrogen (secondary N) is 2. The maximum Gasteiger partial charge on any atom is 0.298 e. The minimum Gasteiger partial charge on any atom is -0.507 e. The first-order chi connectivity index (χ1) is 15.7. The minimum absolute atomic E-state index is 0. The quantitative estimate of drug-likeness (QED) is 0.391. The predicted octanol–water partition coefficient (Wildman–Crippen LogP) is 4.50. The number of benzene rings is 1. The normalized spacial score (nSPS) is 17.4. The Labute approximate surface area is 204 Å². The zero-order chi connectivity index (χ0) is 23.4. The number of fused-ring (bicyclic) bond motifs is 1. The summed E-state index contributed by atoms with van der Waals surface area (Å²) in [6.45, 7) is 8.86. The van der Waals surface area contributed by atoms with Gasteiger partial charge in [-0.1, -0.05) is 6.07 Å². The number of piperidine rings is 1. The number of halogens is 1. The van der Waals surface area contributed by atoms with E-state index >= 15 is 0 Å². The number of ether oxygens (including phenoxy) is 1. The van der Waals surface area contributed by atoms with E-state index in [1.54, 1.807) is 25.6 Å². The lowest BCUT2D eigenvalue weighted by Gasteiger charge is -2.46. The van der Waals surface area contributed by atoms with Gasteiger partial charge in [-0.05, 0) is 64.3 Å². The number of rotatable bonds is 4. The highest BCUT2D eigenvalue weighted by Crippen LogP contribution is 2.40. The number of phenolic OH excluding ortho intramolecular Hbond substituents is 1. The zero-order valence-corrected chi connectivity index (χ0v) is 20.8. The average Bonchev–Trinajstić information content (AvgIpc) is 3.38. The summed E-state index contributed by atoms with van der Waals surface area (Å²) in [6.07, 6.45) is 5.32. The molecule has 0 bridgehead atoms. The van der Waals surface area contributed by atoms with E-state index < -0.39 is 0 Å². The van der Waals surface area contributed by atoms with E-state index in [4.69, 9.17) is 9.72 Å². The lowest BCUT2D eigenvalue weighted by atomic mass is 9.79. The number of H-pyrrole nitrogens is 1. The largest absolute Gasteiger partial charge is 0.507 e. The molecule has 34 heavy (non-hydrogen) atoms. The molecule has 0 aliphatic carbocycles. The molecule has 0 radical (unpaired) electrons. The average molecular weight is 484 g/mol. The number of aromatic hydroxyl groups is 1. The molecule has 4 heterocycles. The van der Waals surface area contributed by atoms with Crippen LogP contribution in [-0.4, -0.2) is 53.2 Å². The van der Waals surface area contributed by atoms with Crippen molar-refractivity contribution in [2.45, 2.75) is 57.7 Å². The highest BCUT2D eigenvalue weighted by atomic mass is 35.5. The third kappa shape index (κ3) is 4.33. The third-order valence-electron chi connectivity index (χ3n) is 6.23. The van der Waals surface area contributed by atoms with E-state index in [0.717, 1.165) is 24.0 Å². The summed E-state index contributed by atoms with van der Waals surface area (Å²) < 4.78 is 7.72. The van der Waals surface area contributed by atoms with Crippen molar-refractivity contribution in [1.82, 2.24) is 35.3 Å². The fourth-order valence-corrected chi connectivity index (χ4v) is 5.27. The van der Waals surface area contributed by atoms with Gasteiger partial charge in [0.25, 0.3) is 6.01 Å². The number of hydrogen-bond acceptors (Lipinski definition) is 7. The van der Waals surface area contributed by atoms with Gasteiger partial charge in [-0.25, -0.2) is 0 Å². The molecule has 0 spiro atoms. The van der Waals surface area contributed by atoms with Gasteiger partial charge >= 0.3 is 0 Å². The Kier molecular flexibility index (Phi) is 6.03. The van der Waals surface area contributed by atoms with Crippen LogP contribution in [0.1, 0.15) is 46.6 Å². The van der Waals surface area contributed by atoms with Crippen molar-refractivity contribution in [2.24, 2.45) is 0 Å². The van der Waals surface area contributed by atoms with Gasteiger partial charge in [0, 0.05) is 34.4 Å². The van der Waals surface area contributed by atoms with Gasteiger partial charge < -0.3 is 15.2 Å². The molecule has 10 heteroatoms. The Morgan fingerprint density at radius 3 is 2.41 bits per heavy atom. The summed E-state index contributed by atoms with van der Waals surface area (Å²) in [5, 5.41) is 30.1. The molecule has 5 rings (SSSR count). The lowest BCUT2D eigenvalue weighted by molar-refractivity contribution is 0.128. The number of aromatic amines is 1. The van der Waals surface area contributed by atoms with Crippen LogP contribution in [0.2, 0.25) is 0 Å². The molecular weight excluding hydrogens is 454 g/mol. The van der Waals surface area contributed by atoms with Gasteiger partial charge in [-0.3, -0.25) is 9.67 Å². The Morgan fingerprint density at radius 2 is 1.79 bits per heavy atom. The van der Waals surface area contributed by atoms with Crippen LogP contribution in [0.4, 0.5) is 0 Å². The van der Waals surface area contributed by atoms with Crippen molar-refractivity contribution in [3.8, 4) is 34.1 Å². The first kappa shape index (κ1) is 24.0. The van der Waals surface area contributed by atoms with Crippen molar-refractivity contribution in [1.29, 1.82) is 0 Å². The van der Waals surface area contributed by atoms with Gasteiger partial charge in [0.2, 0.25) is 0 Å². The number of aromatic nitrogens is 6. The monoisotopic (exact) mass is 483 g/mol. The van der Waals surface area contributed by atoms with E-state index in [-0.39, 0.29) is 35.3 Å². The highest BCUT2D eigenvalue weighted by molar-refractivity contribution is 5.85. The number of methoxy groups -OCH3 is 1. The van der Waals surface area contributed by atoms with Crippen LogP contribution >= 0.6 is 12.4 Å². The molecule has 3 aromatic heterocycles. The van der Waals surface area contributed by atoms with Gasteiger partial charge in [-0.2, -0.15) is 10.1 Å². The summed E-state index contributed by atoms with van der Waals surface area (Å²) in [4.78, 5) is 4.70. The summed E-state index contributed by atoms with van der Waals surface area (Å²) in [7, 11) is 1.63. The smallest absolute Gasteiger partial charge is 0.298 e. The van der Waals surface area contributed by atoms with Crippen molar-refractivity contribution < 1.29 is 9.84 Å². The maximum atomic E-state index is 10.7. The molecule has 4 aromatic rings. The van der Waals surface area contributed by atoms with Crippen molar-refractivity contribution in [3.63, 3.8) is 0 Å². The van der Waals surface area contributed by atoms with Crippen molar-refractivity contribution in [3.05, 3.63) is 36.7 Å². The van der Waals surface area contributed by atoms with E-state index in [2.05, 4.69) is 58.0 Å². The number of hydrogen-bond donors (Lipinski definition) is 3. The molecule has 180 valence electrons. The number of nitrogens with zero attached hydrogens (tertiary/aromatic N) is 5. The molecule has 1 saturated heterocycles. The minimum atomic E-state index is -0.0378. The Hall–Kier alpha value is -3.17. The van der Waals surface area contributed by atoms with Gasteiger partial charge in [0.05, 0.1) is 19.0 Å². The van der Waals surface area contributed by atoms with E-state index in [9.17, 15) is 5.11 Å². The molecule has 3 N–H and O–H groups in total. The van der Waals surface area contributed by atoms with Crippen LogP contribution in [-0.2, 0) is 0 Å². The molecule has 0 amide bonds. The zero-order valence-electron chi connectivity index (χ0n) is 20.0. The van der Waals surface area contributed by atoms with Crippen LogP contribution in [0.5, 0.6) is 11.8 Å². The standard InChI is InChI=1S/C24H29N7O2.ClH/c1-23(2)10-16(11-24(3,4)30-23)31-21-19(27-22(31)33-5)9-18(28-29-21)17-7-6-14(8-20(17)32)15-12-25-26-13-15;/h6-9,12-13,16,30,32H,10-11H2,1-5H3,(H,25,26);1H. The Morgan fingerprint density at radius 1 is 1.06 bits per heavy atom. The van der Waals surface area contributed by atoms with Crippen LogP contribution in [0.25, 0.3) is 33.5 Å². The van der Waals surface area contributed by atoms with Crippen LogP contribution in [0, 0.1) is 0 Å². The summed E-state index contributed by atoms with van der Waals surface area (Å²) in [5.74, 6) is 0.121. The second-order valence-electron chi connectivity index (χ2n) is 10.1. The number of imidazole rings is 1. The predicted molar refractivity (Wildman–Crippen MR) is 133 cm³/mol. The summed E-state index contributed by atoms with van der Waals surface area (Å²) in [6, 6.07) is 7.99. The maximum absolute atomic E-state index is 10.7. The molecular formula is C24H30ClN7O2. The summed E-state index contributed by atoms with van der Waals surface area (Å²) in [5.41, 5.74) is 4.20. The fraction of sp³-hybridized carbons (Fsp3) is 0.417. The first-order valence-electron chi connectivity index (χ1n) is 11.1. The van der Waals surface area contributed by atoms with Gasteiger partial charge in [-0.15, -0.1) is 22.6 Å². The molecule has 0 unspecified atom stereocenters. The molecule has 9 nitrogen and oxygen atoms in total. The Bertz CT molecular complexity index is 1300. The van der Waals surface area contributed by atoms with E-state index in [1.165, 1.54) is 0 Å². The van der Waals surface area contributed by atoms with Crippen molar-refractivity contribution in [2.75, 3.05) is 7.11 Å². The van der Waals surface area contributed by atoms with Crippen LogP contribution in [0.15, 0.2) is 36.7 Å². The first-order valence-corrected chi connectivity index (χ1v) is 11.1. The molecule has 0 saturated carbocycles. The molecule has 1 fully saturated rings. The Balaban J connectivity index is 0.00000274. The fourth-order valence-electron chi connectivity index (χ4n) is 5.27. The third-order valence-corrected chi connectivity index (χ3v) is 6.23. The highest BCUT2D eigenvalue weighted by Gasteiger charge is 2.40. The van der Waals surface area contributed by atoms with Crippen LogP contribution < -0.4 is 10.1 Å². The second kappa shape index (κ2) is 8.56. The summed E-state index contributed by atoms with van der Waals surface area (Å²) >= 11 is 0. The molecule has 0 atom stereocenters. The van der Waals surface area contributed by atoms with Crippen LogP contribution in [0.3, 0.4) is 0 Å². The van der Waals surface area contributed by atoms with E-state index in [1.807, 2.05) is 18.2 Å². The SMILES string of the molecule is COc1nc2cc(-c3ccc(-c4cn[nH]c4)cc3O)nnc2n1C1CC(C)(C)NC(C)(C)C1.Cl. The molecule has 1 aromatic carbocycles. The molecule has 1 aliphatic heterocycles. The van der Waals surface area contributed by atoms with Gasteiger partial charge in [0.15, 0.2) is 5.65 Å². The van der Waals surface area contributed by atoms with E-state index in [0.29, 0.717) is 28.4 Å². The number of phenols is 1. The molecule has 1 aliphatic rings. The lowest BCUT2D eigenvalue weighted by Crippen LogP contribution is -2.57. The topological polar surface area (TPSA) is 114 Å². The second-order valence-corrected chi connectivity index (χ2v) is 10.1. The van der Waals surface area contributed by atoms with Crippen molar-refractivity contribution >= 4 is 23.6 Å². The van der Waals surface area contributed by atoms with Gasteiger partial charge in [0.1, 0.15) is 11.3 Å².